The fraction of sp³-hybridized carbons (Fsp3) is 0.0200. The summed E-state index contributed by atoms with van der Waals surface area (Å²) in [5.74, 6) is 0.390. The van der Waals surface area contributed by atoms with E-state index in [9.17, 15) is 5.41 Å². The molecule has 2 heteroatoms. The largest absolute Gasteiger partial charge is 0.360 e. The summed E-state index contributed by atoms with van der Waals surface area (Å²) in [6.07, 6.45) is 4.55. The first-order chi connectivity index (χ1) is 25.7. The Labute approximate surface area is 302 Å². The summed E-state index contributed by atoms with van der Waals surface area (Å²) in [6, 6.07) is 62.5. The first kappa shape index (κ1) is 30.1. The molecule has 0 heterocycles. The van der Waals surface area contributed by atoms with Crippen molar-refractivity contribution in [2.24, 2.45) is 0 Å². The molecule has 0 aliphatic heterocycles. The summed E-state index contributed by atoms with van der Waals surface area (Å²) < 4.78 is 0. The van der Waals surface area contributed by atoms with Gasteiger partial charge in [0.2, 0.25) is 0 Å². The zero-order valence-corrected chi connectivity index (χ0v) is 28.5. The molecule has 0 aromatic heterocycles. The van der Waals surface area contributed by atoms with E-state index in [0.29, 0.717) is 5.84 Å². The van der Waals surface area contributed by atoms with Crippen molar-refractivity contribution in [2.75, 3.05) is 0 Å². The molecule has 10 rings (SSSR count). The number of nitrogens with one attached hydrogen (secondary N) is 2. The summed E-state index contributed by atoms with van der Waals surface area (Å²) in [6.45, 7) is 0. The Bertz CT molecular complexity index is 2880. The second-order valence-corrected chi connectivity index (χ2v) is 13.6. The molecule has 0 bridgehead atoms. The molecule has 0 radical (unpaired) electrons. The molecule has 9 aromatic rings. The van der Waals surface area contributed by atoms with Gasteiger partial charge in [0.15, 0.2) is 0 Å². The molecule has 1 aliphatic rings. The van der Waals surface area contributed by atoms with Gasteiger partial charge in [-0.25, -0.2) is 0 Å². The first-order valence-electron chi connectivity index (χ1n) is 17.9. The third-order valence-corrected chi connectivity index (χ3v) is 10.7. The van der Waals surface area contributed by atoms with Gasteiger partial charge in [-0.1, -0.05) is 182 Å². The second-order valence-electron chi connectivity index (χ2n) is 13.6. The Morgan fingerprint density at radius 3 is 1.92 bits per heavy atom. The summed E-state index contributed by atoms with van der Waals surface area (Å²) >= 11 is 0. The third-order valence-electron chi connectivity index (χ3n) is 10.7. The minimum Gasteiger partial charge on any atom is -0.360 e. The average molecular weight is 663 g/mol. The predicted molar refractivity (Wildman–Crippen MR) is 221 cm³/mol. The smallest absolute Gasteiger partial charge is 0.126 e. The van der Waals surface area contributed by atoms with Gasteiger partial charge in [-0.3, -0.25) is 5.41 Å². The van der Waals surface area contributed by atoms with Gasteiger partial charge < -0.3 is 5.32 Å². The minimum atomic E-state index is -0.265. The highest BCUT2D eigenvalue weighted by Gasteiger charge is 2.23. The van der Waals surface area contributed by atoms with Crippen molar-refractivity contribution in [1.29, 1.82) is 5.41 Å². The van der Waals surface area contributed by atoms with Crippen molar-refractivity contribution in [3.8, 4) is 33.4 Å². The van der Waals surface area contributed by atoms with Gasteiger partial charge in [0, 0.05) is 5.56 Å². The van der Waals surface area contributed by atoms with Gasteiger partial charge in [0.05, 0.1) is 6.04 Å². The van der Waals surface area contributed by atoms with Crippen molar-refractivity contribution in [3.05, 3.63) is 199 Å². The van der Waals surface area contributed by atoms with E-state index in [-0.39, 0.29) is 6.04 Å². The van der Waals surface area contributed by atoms with E-state index in [1.807, 2.05) is 30.3 Å². The molecule has 0 fully saturated rings. The van der Waals surface area contributed by atoms with Crippen LogP contribution in [0.2, 0.25) is 0 Å². The summed E-state index contributed by atoms with van der Waals surface area (Å²) in [5, 5.41) is 22.7. The lowest BCUT2D eigenvalue weighted by Crippen LogP contribution is -2.27. The molecule has 52 heavy (non-hydrogen) atoms. The van der Waals surface area contributed by atoms with Gasteiger partial charge in [0.1, 0.15) is 5.84 Å². The Morgan fingerprint density at radius 2 is 1.13 bits per heavy atom. The molecule has 244 valence electrons. The number of hydrogen-bond acceptors (Lipinski definition) is 1. The number of fused-ring (bicyclic) bond motifs is 7. The number of amidine groups is 1. The van der Waals surface area contributed by atoms with Crippen molar-refractivity contribution >= 4 is 55.0 Å². The van der Waals surface area contributed by atoms with Crippen LogP contribution in [0.15, 0.2) is 182 Å². The van der Waals surface area contributed by atoms with Crippen LogP contribution in [0.4, 0.5) is 0 Å². The predicted octanol–water partition coefficient (Wildman–Crippen LogP) is 13.0. The summed E-state index contributed by atoms with van der Waals surface area (Å²) in [5.41, 5.74) is 10.7. The Balaban J connectivity index is 1.19. The molecule has 0 saturated carbocycles. The van der Waals surface area contributed by atoms with E-state index in [4.69, 9.17) is 0 Å². The molecule has 2 N–H and O–H groups in total. The van der Waals surface area contributed by atoms with Crippen LogP contribution in [-0.4, -0.2) is 5.84 Å². The second kappa shape index (κ2) is 12.2. The molecular weight excluding hydrogens is 629 g/mol. The molecule has 9 aromatic carbocycles. The Hall–Kier alpha value is -6.77. The fourth-order valence-corrected chi connectivity index (χ4v) is 8.36. The van der Waals surface area contributed by atoms with Crippen LogP contribution < -0.4 is 5.32 Å². The van der Waals surface area contributed by atoms with Crippen LogP contribution in [0, 0.1) is 5.41 Å². The molecule has 0 spiro atoms. The summed E-state index contributed by atoms with van der Waals surface area (Å²) in [7, 11) is 0. The van der Waals surface area contributed by atoms with Crippen LogP contribution in [-0.2, 0) is 0 Å². The molecule has 1 aliphatic carbocycles. The van der Waals surface area contributed by atoms with Crippen LogP contribution >= 0.6 is 0 Å². The van der Waals surface area contributed by atoms with E-state index >= 15 is 0 Å². The SMILES string of the molecule is N=C(NC(/C=C/c1c2ccccc2c(-c2ccccc2)c2ccc3ccccc3c12)c1ccc2c(c1)-c1cccc3cccc-2c13)c1ccccc1. The van der Waals surface area contributed by atoms with Gasteiger partial charge in [-0.05, 0) is 93.7 Å². The average Bonchev–Trinajstić information content (AvgIpc) is 3.53. The molecule has 1 unspecified atom stereocenters. The molecular formula is C50H34N2. The van der Waals surface area contributed by atoms with Gasteiger partial charge in [-0.2, -0.15) is 0 Å². The topological polar surface area (TPSA) is 35.9 Å². The van der Waals surface area contributed by atoms with Crippen LogP contribution in [0.3, 0.4) is 0 Å². The normalized spacial score (nSPS) is 12.5. The molecule has 2 nitrogen and oxygen atoms in total. The maximum absolute atomic E-state index is 9.19. The zero-order valence-electron chi connectivity index (χ0n) is 28.5. The summed E-state index contributed by atoms with van der Waals surface area (Å²) in [4.78, 5) is 0. The number of rotatable bonds is 6. The molecule has 1 atom stereocenters. The van der Waals surface area contributed by atoms with Crippen LogP contribution in [0.5, 0.6) is 0 Å². The molecule has 0 saturated heterocycles. The van der Waals surface area contributed by atoms with Crippen molar-refractivity contribution in [1.82, 2.24) is 5.32 Å². The Morgan fingerprint density at radius 1 is 0.481 bits per heavy atom. The quantitative estimate of drug-likeness (QED) is 0.0790. The lowest BCUT2D eigenvalue weighted by Gasteiger charge is -2.20. The maximum Gasteiger partial charge on any atom is 0.126 e. The van der Waals surface area contributed by atoms with Gasteiger partial charge in [-0.15, -0.1) is 0 Å². The van der Waals surface area contributed by atoms with Crippen molar-refractivity contribution in [3.63, 3.8) is 0 Å². The van der Waals surface area contributed by atoms with Crippen molar-refractivity contribution in [2.45, 2.75) is 6.04 Å². The number of benzene rings is 9. The van der Waals surface area contributed by atoms with E-state index < -0.39 is 0 Å². The fourth-order valence-electron chi connectivity index (χ4n) is 8.36. The monoisotopic (exact) mass is 662 g/mol. The first-order valence-corrected chi connectivity index (χ1v) is 17.9. The third kappa shape index (κ3) is 4.84. The van der Waals surface area contributed by atoms with Gasteiger partial charge in [0.25, 0.3) is 0 Å². The van der Waals surface area contributed by atoms with Crippen LogP contribution in [0.1, 0.15) is 22.7 Å². The Kier molecular flexibility index (Phi) is 7.07. The number of hydrogen-bond donors (Lipinski definition) is 2. The minimum absolute atomic E-state index is 0.265. The maximum atomic E-state index is 9.19. The zero-order chi connectivity index (χ0) is 34.6. The van der Waals surface area contributed by atoms with E-state index in [0.717, 1.165) is 11.1 Å². The lowest BCUT2D eigenvalue weighted by atomic mass is 9.86. The lowest BCUT2D eigenvalue weighted by molar-refractivity contribution is 0.791. The van der Waals surface area contributed by atoms with Crippen molar-refractivity contribution < 1.29 is 0 Å². The van der Waals surface area contributed by atoms with Crippen LogP contribution in [0.25, 0.3) is 82.5 Å². The standard InChI is InChI=1S/C50H34N2/c51-50(35-16-5-2-6-17-35)52-46(36-26-27-39-41-23-11-18-34-19-12-24-42(47(34)41)45(39)31-36)30-29-43-38-21-9-10-22-40(38)48(33-14-3-1-4-15-33)44-28-25-32-13-7-8-20-37(32)49(43)44/h1-31,46H,(H2,51,52)/b30-29+. The van der Waals surface area contributed by atoms with E-state index in [1.165, 1.54) is 82.0 Å². The highest BCUT2D eigenvalue weighted by atomic mass is 15.0. The molecule has 0 amide bonds. The highest BCUT2D eigenvalue weighted by Crippen LogP contribution is 2.48. The highest BCUT2D eigenvalue weighted by molar-refractivity contribution is 6.24. The van der Waals surface area contributed by atoms with E-state index in [2.05, 4.69) is 163 Å². The van der Waals surface area contributed by atoms with Gasteiger partial charge >= 0.3 is 0 Å². The van der Waals surface area contributed by atoms with E-state index in [1.54, 1.807) is 0 Å².